The minimum atomic E-state index is -0.523. The molecule has 1 amide bonds. The molecule has 0 saturated heterocycles. The van der Waals surface area contributed by atoms with Gasteiger partial charge >= 0.3 is 0 Å². The maximum atomic E-state index is 12.7. The Morgan fingerprint density at radius 2 is 1.68 bits per heavy atom. The molecule has 150 valence electrons. The number of amides is 1. The molecule has 2 aromatic rings. The van der Waals surface area contributed by atoms with Crippen LogP contribution in [0.15, 0.2) is 42.5 Å². The smallest absolute Gasteiger partial charge is 0.261 e. The molecule has 0 aliphatic heterocycles. The maximum absolute atomic E-state index is 12.7. The second kappa shape index (κ2) is 8.38. The largest absolute Gasteiger partial charge is 0.481 e. The first-order valence-electron chi connectivity index (χ1n) is 10.4. The molecule has 3 rings (SSSR count). The number of benzene rings is 2. The summed E-state index contributed by atoms with van der Waals surface area (Å²) in [7, 11) is 0. The summed E-state index contributed by atoms with van der Waals surface area (Å²) in [6.45, 7) is 10.5. The summed E-state index contributed by atoms with van der Waals surface area (Å²) < 4.78 is 6.06. The van der Waals surface area contributed by atoms with Gasteiger partial charge in [0.25, 0.3) is 5.91 Å². The lowest BCUT2D eigenvalue weighted by Gasteiger charge is -2.24. The highest BCUT2D eigenvalue weighted by Gasteiger charge is 2.21. The first-order chi connectivity index (χ1) is 13.3. The van der Waals surface area contributed by atoms with Crippen molar-refractivity contribution < 1.29 is 9.53 Å². The summed E-state index contributed by atoms with van der Waals surface area (Å²) in [6, 6.07) is 14.6. The van der Waals surface area contributed by atoms with Crippen LogP contribution in [0.5, 0.6) is 5.75 Å². The Labute approximate surface area is 169 Å². The van der Waals surface area contributed by atoms with Crippen molar-refractivity contribution in [3.05, 3.63) is 64.7 Å². The van der Waals surface area contributed by atoms with Gasteiger partial charge in [-0.15, -0.1) is 0 Å². The average molecular weight is 380 g/mol. The van der Waals surface area contributed by atoms with Crippen molar-refractivity contribution in [2.75, 3.05) is 0 Å². The number of hydrogen-bond acceptors (Lipinski definition) is 2. The van der Waals surface area contributed by atoms with E-state index in [1.54, 1.807) is 0 Å². The minimum absolute atomic E-state index is 0.0581. The highest BCUT2D eigenvalue weighted by molar-refractivity contribution is 5.81. The number of carbonyl (C=O) groups is 1. The second-order valence-electron chi connectivity index (χ2n) is 8.96. The van der Waals surface area contributed by atoms with Gasteiger partial charge in [0.05, 0.1) is 6.04 Å². The van der Waals surface area contributed by atoms with E-state index < -0.39 is 6.10 Å². The third-order valence-corrected chi connectivity index (χ3v) is 5.66. The van der Waals surface area contributed by atoms with Crippen LogP contribution in [-0.4, -0.2) is 12.0 Å². The summed E-state index contributed by atoms with van der Waals surface area (Å²) in [4.78, 5) is 12.7. The van der Waals surface area contributed by atoms with E-state index in [1.165, 1.54) is 29.5 Å². The van der Waals surface area contributed by atoms with E-state index in [1.807, 2.05) is 26.0 Å². The zero-order valence-electron chi connectivity index (χ0n) is 17.8. The van der Waals surface area contributed by atoms with Crippen molar-refractivity contribution in [3.8, 4) is 5.75 Å². The zero-order valence-corrected chi connectivity index (χ0v) is 17.8. The summed E-state index contributed by atoms with van der Waals surface area (Å²) >= 11 is 0. The van der Waals surface area contributed by atoms with Gasteiger partial charge in [-0.25, -0.2) is 0 Å². The second-order valence-corrected chi connectivity index (χ2v) is 8.96. The molecule has 1 N–H and O–H groups in total. The number of carbonyl (C=O) groups excluding carboxylic acids is 1. The van der Waals surface area contributed by atoms with Gasteiger partial charge in [0.2, 0.25) is 0 Å². The van der Waals surface area contributed by atoms with Crippen LogP contribution >= 0.6 is 0 Å². The predicted molar refractivity (Wildman–Crippen MR) is 115 cm³/mol. The standard InChI is InChI=1S/C25H33NO2/c1-17(19-13-15-21(16-14-19)25(3,4)5)26-24(27)18(2)28-23-12-8-10-20-9-6-7-11-22(20)23/h8,10,12-18H,6-7,9,11H2,1-5H3,(H,26,27)/t17-,18+/m1/s1. The Morgan fingerprint density at radius 1 is 1.00 bits per heavy atom. The van der Waals surface area contributed by atoms with E-state index in [0.29, 0.717) is 0 Å². The van der Waals surface area contributed by atoms with E-state index in [0.717, 1.165) is 24.2 Å². The number of ether oxygens (including phenoxy) is 1. The fourth-order valence-electron chi connectivity index (χ4n) is 3.79. The summed E-state index contributed by atoms with van der Waals surface area (Å²) in [5.74, 6) is 0.780. The quantitative estimate of drug-likeness (QED) is 0.744. The fourth-order valence-corrected chi connectivity index (χ4v) is 3.79. The highest BCUT2D eigenvalue weighted by atomic mass is 16.5. The summed E-state index contributed by atoms with van der Waals surface area (Å²) in [5.41, 5.74) is 5.16. The SMILES string of the molecule is C[C@H](Oc1cccc2c1CCCC2)C(=O)N[C@H](C)c1ccc(C(C)(C)C)cc1. The highest BCUT2D eigenvalue weighted by Crippen LogP contribution is 2.30. The van der Waals surface area contributed by atoms with E-state index >= 15 is 0 Å². The Kier molecular flexibility index (Phi) is 6.12. The lowest BCUT2D eigenvalue weighted by Crippen LogP contribution is -2.38. The molecular formula is C25H33NO2. The van der Waals surface area contributed by atoms with Crippen LogP contribution in [0.4, 0.5) is 0 Å². The zero-order chi connectivity index (χ0) is 20.3. The molecule has 1 aliphatic carbocycles. The van der Waals surface area contributed by atoms with Crippen LogP contribution in [-0.2, 0) is 23.1 Å². The fraction of sp³-hybridized carbons (Fsp3) is 0.480. The molecule has 2 atom stereocenters. The van der Waals surface area contributed by atoms with Crippen molar-refractivity contribution in [3.63, 3.8) is 0 Å². The number of fused-ring (bicyclic) bond motifs is 1. The Balaban J connectivity index is 1.63. The molecule has 0 aromatic heterocycles. The van der Waals surface area contributed by atoms with Crippen molar-refractivity contribution in [1.29, 1.82) is 0 Å². The third kappa shape index (κ3) is 4.76. The van der Waals surface area contributed by atoms with Gasteiger partial charge in [0.15, 0.2) is 6.10 Å². The molecule has 3 nitrogen and oxygen atoms in total. The first kappa shape index (κ1) is 20.4. The molecule has 0 spiro atoms. The van der Waals surface area contributed by atoms with Gasteiger partial charge in [-0.05, 0) is 73.3 Å². The summed E-state index contributed by atoms with van der Waals surface area (Å²) in [5, 5.41) is 3.09. The van der Waals surface area contributed by atoms with Crippen molar-refractivity contribution in [2.24, 2.45) is 0 Å². The molecule has 0 bridgehead atoms. The van der Waals surface area contributed by atoms with Crippen LogP contribution in [0.25, 0.3) is 0 Å². The van der Waals surface area contributed by atoms with Crippen molar-refractivity contribution >= 4 is 5.91 Å². The van der Waals surface area contributed by atoms with Gasteiger partial charge in [-0.2, -0.15) is 0 Å². The number of nitrogens with one attached hydrogen (secondary N) is 1. The van der Waals surface area contributed by atoms with Gasteiger partial charge in [0.1, 0.15) is 5.75 Å². The molecule has 0 fully saturated rings. The first-order valence-corrected chi connectivity index (χ1v) is 10.4. The topological polar surface area (TPSA) is 38.3 Å². The van der Waals surface area contributed by atoms with Crippen LogP contribution in [0, 0.1) is 0 Å². The maximum Gasteiger partial charge on any atom is 0.261 e. The number of rotatable bonds is 5. The molecule has 0 saturated carbocycles. The minimum Gasteiger partial charge on any atom is -0.481 e. The van der Waals surface area contributed by atoms with Gasteiger partial charge in [-0.1, -0.05) is 57.2 Å². The normalized spacial score (nSPS) is 16.0. The lowest BCUT2D eigenvalue weighted by molar-refractivity contribution is -0.127. The molecule has 0 radical (unpaired) electrons. The van der Waals surface area contributed by atoms with Gasteiger partial charge in [0, 0.05) is 0 Å². The Bertz CT molecular complexity index is 817. The molecule has 2 aromatic carbocycles. The molecular weight excluding hydrogens is 346 g/mol. The van der Waals surface area contributed by atoms with Gasteiger partial charge in [-0.3, -0.25) is 4.79 Å². The van der Waals surface area contributed by atoms with Crippen LogP contribution in [0.2, 0.25) is 0 Å². The van der Waals surface area contributed by atoms with Crippen LogP contribution < -0.4 is 10.1 Å². The Morgan fingerprint density at radius 3 is 2.36 bits per heavy atom. The van der Waals surface area contributed by atoms with Gasteiger partial charge < -0.3 is 10.1 Å². The molecule has 3 heteroatoms. The van der Waals surface area contributed by atoms with E-state index in [2.05, 4.69) is 56.4 Å². The monoisotopic (exact) mass is 379 g/mol. The van der Waals surface area contributed by atoms with Crippen molar-refractivity contribution in [1.82, 2.24) is 5.32 Å². The van der Waals surface area contributed by atoms with E-state index in [-0.39, 0.29) is 17.4 Å². The molecule has 1 aliphatic rings. The van der Waals surface area contributed by atoms with E-state index in [4.69, 9.17) is 4.74 Å². The van der Waals surface area contributed by atoms with E-state index in [9.17, 15) is 4.79 Å². The number of aryl methyl sites for hydroxylation is 1. The predicted octanol–water partition coefficient (Wildman–Crippen LogP) is 5.51. The number of hydrogen-bond donors (Lipinski definition) is 1. The molecule has 0 heterocycles. The van der Waals surface area contributed by atoms with Crippen LogP contribution in [0.3, 0.4) is 0 Å². The third-order valence-electron chi connectivity index (χ3n) is 5.66. The molecule has 28 heavy (non-hydrogen) atoms. The summed E-state index contributed by atoms with van der Waals surface area (Å²) in [6.07, 6.45) is 4.04. The lowest BCUT2D eigenvalue weighted by atomic mass is 9.86. The average Bonchev–Trinajstić information content (AvgIpc) is 2.67. The Hall–Kier alpha value is -2.29. The van der Waals surface area contributed by atoms with Crippen LogP contribution in [0.1, 0.15) is 75.8 Å². The van der Waals surface area contributed by atoms with Crippen molar-refractivity contribution in [2.45, 2.75) is 77.9 Å². The molecule has 0 unspecified atom stereocenters.